The average Bonchev–Trinajstić information content (AvgIpc) is 2.74. The molecule has 0 aliphatic carbocycles. The summed E-state index contributed by atoms with van der Waals surface area (Å²) in [5.74, 6) is -0.365. The van der Waals surface area contributed by atoms with Crippen molar-refractivity contribution in [3.63, 3.8) is 0 Å². The number of fused-ring (bicyclic) bond motifs is 1. The lowest BCUT2D eigenvalue weighted by atomic mass is 10.3. The quantitative estimate of drug-likeness (QED) is 0.803. The fourth-order valence-electron chi connectivity index (χ4n) is 1.99. The molecule has 0 fully saturated rings. The number of nitrogens with zero attached hydrogens (tertiary/aromatic N) is 3. The molecule has 6 heteroatoms. The number of hydrogen-bond acceptors (Lipinski definition) is 3. The Morgan fingerprint density at radius 3 is 2.95 bits per heavy atom. The highest BCUT2D eigenvalue weighted by atomic mass is 35.5. The first-order valence-electron chi connectivity index (χ1n) is 6.11. The second-order valence-corrected chi connectivity index (χ2v) is 5.00. The second-order valence-electron chi connectivity index (χ2n) is 4.56. The molecule has 0 atom stereocenters. The fourth-order valence-corrected chi connectivity index (χ4v) is 2.21. The predicted molar refractivity (Wildman–Crippen MR) is 76.5 cm³/mol. The monoisotopic (exact) mass is 290 g/mol. The summed E-state index contributed by atoms with van der Waals surface area (Å²) in [6.45, 7) is 2.43. The van der Waals surface area contributed by atoms with Crippen molar-refractivity contribution in [2.75, 3.05) is 5.32 Å². The van der Waals surface area contributed by atoms with Gasteiger partial charge < -0.3 is 5.32 Å². The van der Waals surface area contributed by atoms with Crippen molar-refractivity contribution >= 4 is 22.9 Å². The zero-order valence-corrected chi connectivity index (χ0v) is 11.5. The molecule has 1 N–H and O–H groups in total. The van der Waals surface area contributed by atoms with E-state index < -0.39 is 0 Å². The Kier molecular flexibility index (Phi) is 3.28. The zero-order chi connectivity index (χ0) is 14.1. The minimum absolute atomic E-state index is 0.365. The standard InChI is InChI=1S/C14H12ClFN4/c1-9-2-14-18-7-10(8-20(14)19-9)6-17-13-4-11(15)3-12(16)5-13/h2-5,7-8,17H,6H2,1H3. The number of aromatic nitrogens is 3. The van der Waals surface area contributed by atoms with E-state index in [1.54, 1.807) is 16.8 Å². The molecule has 0 bridgehead atoms. The molecule has 0 unspecified atom stereocenters. The summed E-state index contributed by atoms with van der Waals surface area (Å²) >= 11 is 5.81. The van der Waals surface area contributed by atoms with Gasteiger partial charge in [-0.3, -0.25) is 0 Å². The van der Waals surface area contributed by atoms with Gasteiger partial charge in [0.15, 0.2) is 5.65 Å². The molecule has 0 saturated carbocycles. The largest absolute Gasteiger partial charge is 0.381 e. The van der Waals surface area contributed by atoms with E-state index in [2.05, 4.69) is 15.4 Å². The molecule has 3 aromatic rings. The van der Waals surface area contributed by atoms with E-state index in [0.29, 0.717) is 17.3 Å². The molecule has 2 aromatic heterocycles. The van der Waals surface area contributed by atoms with Crippen LogP contribution in [0.4, 0.5) is 10.1 Å². The third kappa shape index (κ3) is 2.72. The summed E-state index contributed by atoms with van der Waals surface area (Å²) in [6.07, 6.45) is 3.66. The van der Waals surface area contributed by atoms with Crippen molar-refractivity contribution in [1.82, 2.24) is 14.6 Å². The molecule has 0 amide bonds. The normalized spacial score (nSPS) is 10.9. The van der Waals surface area contributed by atoms with Gasteiger partial charge in [0.05, 0.1) is 5.69 Å². The van der Waals surface area contributed by atoms with Crippen LogP contribution in [0.5, 0.6) is 0 Å². The molecule has 1 aromatic carbocycles. The van der Waals surface area contributed by atoms with Gasteiger partial charge in [-0.2, -0.15) is 5.10 Å². The van der Waals surface area contributed by atoms with Crippen molar-refractivity contribution in [2.45, 2.75) is 13.5 Å². The number of nitrogens with one attached hydrogen (secondary N) is 1. The van der Waals surface area contributed by atoms with Crippen LogP contribution in [0.3, 0.4) is 0 Å². The van der Waals surface area contributed by atoms with E-state index in [0.717, 1.165) is 16.9 Å². The SMILES string of the molecule is Cc1cc2ncc(CNc3cc(F)cc(Cl)c3)cn2n1. The highest BCUT2D eigenvalue weighted by Crippen LogP contribution is 2.18. The van der Waals surface area contributed by atoms with E-state index in [9.17, 15) is 4.39 Å². The first-order chi connectivity index (χ1) is 9.60. The second kappa shape index (κ2) is 5.09. The Morgan fingerprint density at radius 1 is 1.30 bits per heavy atom. The number of aryl methyl sites for hydroxylation is 1. The topological polar surface area (TPSA) is 42.2 Å². The molecule has 0 radical (unpaired) electrons. The maximum Gasteiger partial charge on any atom is 0.155 e. The maximum absolute atomic E-state index is 13.2. The molecule has 0 aliphatic rings. The van der Waals surface area contributed by atoms with Gasteiger partial charge in [-0.1, -0.05) is 11.6 Å². The lowest BCUT2D eigenvalue weighted by Gasteiger charge is -2.07. The summed E-state index contributed by atoms with van der Waals surface area (Å²) < 4.78 is 14.9. The van der Waals surface area contributed by atoms with E-state index in [1.165, 1.54) is 12.1 Å². The Hall–Kier alpha value is -2.14. The smallest absolute Gasteiger partial charge is 0.155 e. The van der Waals surface area contributed by atoms with Gasteiger partial charge in [-0.05, 0) is 25.1 Å². The molecule has 3 rings (SSSR count). The van der Waals surface area contributed by atoms with Crippen LogP contribution in [-0.4, -0.2) is 14.6 Å². The molecular formula is C14H12ClFN4. The Bertz CT molecular complexity index is 749. The summed E-state index contributed by atoms with van der Waals surface area (Å²) in [4.78, 5) is 4.31. The first-order valence-corrected chi connectivity index (χ1v) is 6.49. The number of halogens is 2. The minimum Gasteiger partial charge on any atom is -0.381 e. The van der Waals surface area contributed by atoms with E-state index in [4.69, 9.17) is 11.6 Å². The van der Waals surface area contributed by atoms with Crippen molar-refractivity contribution in [2.24, 2.45) is 0 Å². The lowest BCUT2D eigenvalue weighted by Crippen LogP contribution is -2.02. The van der Waals surface area contributed by atoms with Gasteiger partial charge in [0.2, 0.25) is 0 Å². The van der Waals surface area contributed by atoms with Crippen LogP contribution in [0.15, 0.2) is 36.7 Å². The third-order valence-corrected chi connectivity index (χ3v) is 3.07. The highest BCUT2D eigenvalue weighted by molar-refractivity contribution is 6.30. The summed E-state index contributed by atoms with van der Waals surface area (Å²) in [6, 6.07) is 6.25. The van der Waals surface area contributed by atoms with Gasteiger partial charge in [-0.15, -0.1) is 0 Å². The van der Waals surface area contributed by atoms with E-state index in [1.807, 2.05) is 19.2 Å². The van der Waals surface area contributed by atoms with Crippen LogP contribution in [0, 0.1) is 12.7 Å². The molecule has 20 heavy (non-hydrogen) atoms. The first kappa shape index (κ1) is 12.9. The van der Waals surface area contributed by atoms with Gasteiger partial charge >= 0.3 is 0 Å². The third-order valence-electron chi connectivity index (χ3n) is 2.85. The number of benzene rings is 1. The molecule has 102 valence electrons. The molecule has 2 heterocycles. The maximum atomic E-state index is 13.2. The van der Waals surface area contributed by atoms with E-state index >= 15 is 0 Å². The van der Waals surface area contributed by atoms with Crippen LogP contribution in [0.2, 0.25) is 5.02 Å². The fraction of sp³-hybridized carbons (Fsp3) is 0.143. The van der Waals surface area contributed by atoms with Crippen LogP contribution >= 0.6 is 11.6 Å². The molecule has 0 aliphatic heterocycles. The summed E-state index contributed by atoms with van der Waals surface area (Å²) in [5, 5.41) is 7.78. The van der Waals surface area contributed by atoms with Crippen molar-refractivity contribution < 1.29 is 4.39 Å². The predicted octanol–water partition coefficient (Wildman–Crippen LogP) is 3.44. The summed E-state index contributed by atoms with van der Waals surface area (Å²) in [7, 11) is 0. The van der Waals surface area contributed by atoms with Crippen LogP contribution < -0.4 is 5.32 Å². The number of rotatable bonds is 3. The number of anilines is 1. The minimum atomic E-state index is -0.365. The summed E-state index contributed by atoms with van der Waals surface area (Å²) in [5.41, 5.74) is 3.30. The van der Waals surface area contributed by atoms with Gasteiger partial charge in [-0.25, -0.2) is 13.9 Å². The lowest BCUT2D eigenvalue weighted by molar-refractivity contribution is 0.628. The zero-order valence-electron chi connectivity index (χ0n) is 10.8. The Balaban J connectivity index is 1.79. The van der Waals surface area contributed by atoms with Crippen molar-refractivity contribution in [1.29, 1.82) is 0 Å². The molecule has 4 nitrogen and oxygen atoms in total. The van der Waals surface area contributed by atoms with Crippen molar-refractivity contribution in [3.05, 3.63) is 58.8 Å². The molecule has 0 saturated heterocycles. The highest BCUT2D eigenvalue weighted by Gasteiger charge is 2.02. The van der Waals surface area contributed by atoms with Crippen LogP contribution in [0.1, 0.15) is 11.3 Å². The Morgan fingerprint density at radius 2 is 2.15 bits per heavy atom. The average molecular weight is 291 g/mol. The molecule has 0 spiro atoms. The van der Waals surface area contributed by atoms with Gasteiger partial charge in [0.1, 0.15) is 5.82 Å². The van der Waals surface area contributed by atoms with Crippen LogP contribution in [0.25, 0.3) is 5.65 Å². The van der Waals surface area contributed by atoms with Gasteiger partial charge in [0, 0.05) is 41.3 Å². The molecular weight excluding hydrogens is 279 g/mol. The van der Waals surface area contributed by atoms with E-state index in [-0.39, 0.29) is 5.82 Å². The number of hydrogen-bond donors (Lipinski definition) is 1. The van der Waals surface area contributed by atoms with Crippen molar-refractivity contribution in [3.8, 4) is 0 Å². The van der Waals surface area contributed by atoms with Crippen LogP contribution in [-0.2, 0) is 6.54 Å². The van der Waals surface area contributed by atoms with Gasteiger partial charge in [0.25, 0.3) is 0 Å². The Labute approximate surface area is 120 Å².